The molecule has 0 aromatic carbocycles. The molecule has 1 heteroatoms. The van der Waals surface area contributed by atoms with E-state index >= 15 is 0 Å². The van der Waals surface area contributed by atoms with Gasteiger partial charge in [-0.2, -0.15) is 0 Å². The van der Waals surface area contributed by atoms with Gasteiger partial charge >= 0.3 is 0 Å². The smallest absolute Gasteiger partial charge is 0.00698 e. The summed E-state index contributed by atoms with van der Waals surface area (Å²) in [6.45, 7) is 2.37. The number of nitrogens with one attached hydrogen (secondary N) is 1. The van der Waals surface area contributed by atoms with Crippen molar-refractivity contribution in [3.8, 4) is 0 Å². The van der Waals surface area contributed by atoms with Gasteiger partial charge < -0.3 is 5.32 Å². The van der Waals surface area contributed by atoms with Crippen LogP contribution in [0.4, 0.5) is 0 Å². The van der Waals surface area contributed by atoms with Crippen molar-refractivity contribution in [2.75, 3.05) is 0 Å². The molecular formula is C20H39N. The molecule has 21 heavy (non-hydrogen) atoms. The minimum Gasteiger partial charge on any atom is -0.311 e. The van der Waals surface area contributed by atoms with E-state index in [0.29, 0.717) is 0 Å². The Hall–Kier alpha value is -0.0400. The highest BCUT2D eigenvalue weighted by Crippen LogP contribution is 2.27. The van der Waals surface area contributed by atoms with E-state index in [4.69, 9.17) is 0 Å². The van der Waals surface area contributed by atoms with Crippen LogP contribution in [0.2, 0.25) is 0 Å². The lowest BCUT2D eigenvalue weighted by molar-refractivity contribution is 0.256. The Kier molecular flexibility index (Phi) is 8.78. The van der Waals surface area contributed by atoms with Gasteiger partial charge in [-0.15, -0.1) is 0 Å². The Balaban J connectivity index is 1.70. The van der Waals surface area contributed by atoms with Gasteiger partial charge in [0.1, 0.15) is 0 Å². The fraction of sp³-hybridized carbons (Fsp3) is 1.00. The summed E-state index contributed by atoms with van der Waals surface area (Å²) in [5.41, 5.74) is 0. The van der Waals surface area contributed by atoms with Crippen molar-refractivity contribution in [2.24, 2.45) is 5.92 Å². The van der Waals surface area contributed by atoms with Crippen LogP contribution in [-0.2, 0) is 0 Å². The van der Waals surface area contributed by atoms with Crippen molar-refractivity contribution in [3.05, 3.63) is 0 Å². The molecule has 0 heterocycles. The van der Waals surface area contributed by atoms with Gasteiger partial charge in [0.2, 0.25) is 0 Å². The summed E-state index contributed by atoms with van der Waals surface area (Å²) in [5, 5.41) is 4.05. The first-order valence-corrected chi connectivity index (χ1v) is 10.1. The Labute approximate surface area is 133 Å². The summed E-state index contributed by atoms with van der Waals surface area (Å²) in [5.74, 6) is 1.03. The fourth-order valence-electron chi connectivity index (χ4n) is 4.40. The van der Waals surface area contributed by atoms with E-state index in [1.54, 1.807) is 0 Å². The zero-order chi connectivity index (χ0) is 14.8. The lowest BCUT2D eigenvalue weighted by Gasteiger charge is -2.32. The largest absolute Gasteiger partial charge is 0.311 e. The Bertz CT molecular complexity index is 230. The third-order valence-electron chi connectivity index (χ3n) is 6.00. The number of rotatable bonds is 3. The first-order chi connectivity index (χ1) is 10.4. The van der Waals surface area contributed by atoms with Crippen LogP contribution >= 0.6 is 0 Å². The standard InChI is InChI=1S/C20H39N/c1-2-18-14-16-20(17-15-18)21-19-12-10-8-6-4-3-5-7-9-11-13-19/h18-21H,2-17H2,1H3. The molecule has 1 nitrogen and oxygen atoms in total. The highest BCUT2D eigenvalue weighted by atomic mass is 14.9. The van der Waals surface area contributed by atoms with E-state index in [-0.39, 0.29) is 0 Å². The number of hydrogen-bond acceptors (Lipinski definition) is 1. The van der Waals surface area contributed by atoms with Crippen LogP contribution in [0.3, 0.4) is 0 Å². The maximum absolute atomic E-state index is 4.05. The molecule has 0 atom stereocenters. The van der Waals surface area contributed by atoms with E-state index in [1.165, 1.54) is 103 Å². The van der Waals surface area contributed by atoms with E-state index < -0.39 is 0 Å². The third-order valence-corrected chi connectivity index (χ3v) is 6.00. The maximum atomic E-state index is 4.05. The minimum atomic E-state index is 0.826. The van der Waals surface area contributed by atoms with E-state index in [2.05, 4.69) is 12.2 Å². The molecule has 0 aromatic rings. The van der Waals surface area contributed by atoms with Gasteiger partial charge in [-0.05, 0) is 44.4 Å². The molecule has 0 aliphatic heterocycles. The molecule has 0 saturated heterocycles. The summed E-state index contributed by atoms with van der Waals surface area (Å²) in [6.07, 6.45) is 23.4. The van der Waals surface area contributed by atoms with Gasteiger partial charge in [0, 0.05) is 12.1 Å². The van der Waals surface area contributed by atoms with E-state index in [0.717, 1.165) is 18.0 Å². The SMILES string of the molecule is CCC1CCC(NC2CCCCCCCCCCC2)CC1. The predicted molar refractivity (Wildman–Crippen MR) is 93.7 cm³/mol. The molecule has 0 spiro atoms. The molecule has 1 N–H and O–H groups in total. The maximum Gasteiger partial charge on any atom is 0.00698 e. The van der Waals surface area contributed by atoms with Gasteiger partial charge in [0.15, 0.2) is 0 Å². The first-order valence-electron chi connectivity index (χ1n) is 10.1. The average molecular weight is 294 g/mol. The molecule has 0 radical (unpaired) electrons. The Morgan fingerprint density at radius 3 is 1.48 bits per heavy atom. The Morgan fingerprint density at radius 1 is 0.571 bits per heavy atom. The highest BCUT2D eigenvalue weighted by Gasteiger charge is 2.22. The van der Waals surface area contributed by atoms with E-state index in [1.807, 2.05) is 0 Å². The Morgan fingerprint density at radius 2 is 1.00 bits per heavy atom. The van der Waals surface area contributed by atoms with Gasteiger partial charge in [-0.3, -0.25) is 0 Å². The van der Waals surface area contributed by atoms with Crippen molar-refractivity contribution in [3.63, 3.8) is 0 Å². The van der Waals surface area contributed by atoms with Crippen LogP contribution in [0, 0.1) is 5.92 Å². The normalized spacial score (nSPS) is 31.3. The second-order valence-corrected chi connectivity index (χ2v) is 7.75. The highest BCUT2D eigenvalue weighted by molar-refractivity contribution is 4.80. The van der Waals surface area contributed by atoms with Crippen LogP contribution < -0.4 is 5.32 Å². The minimum absolute atomic E-state index is 0.826. The van der Waals surface area contributed by atoms with Crippen LogP contribution in [-0.4, -0.2) is 12.1 Å². The van der Waals surface area contributed by atoms with Crippen molar-refractivity contribution in [2.45, 2.75) is 122 Å². The molecular weight excluding hydrogens is 254 g/mol. The quantitative estimate of drug-likeness (QED) is 0.651. The monoisotopic (exact) mass is 293 g/mol. The fourth-order valence-corrected chi connectivity index (χ4v) is 4.40. The lowest BCUT2D eigenvalue weighted by atomic mass is 9.84. The van der Waals surface area contributed by atoms with Crippen molar-refractivity contribution < 1.29 is 0 Å². The molecule has 2 fully saturated rings. The van der Waals surface area contributed by atoms with Gasteiger partial charge in [-0.1, -0.05) is 71.1 Å². The lowest BCUT2D eigenvalue weighted by Crippen LogP contribution is -2.40. The van der Waals surface area contributed by atoms with Gasteiger partial charge in [0.05, 0.1) is 0 Å². The molecule has 2 saturated carbocycles. The summed E-state index contributed by atoms with van der Waals surface area (Å²) in [7, 11) is 0. The topological polar surface area (TPSA) is 12.0 Å². The van der Waals surface area contributed by atoms with Crippen LogP contribution in [0.15, 0.2) is 0 Å². The molecule has 0 bridgehead atoms. The molecule has 2 aliphatic carbocycles. The summed E-state index contributed by atoms with van der Waals surface area (Å²) < 4.78 is 0. The van der Waals surface area contributed by atoms with Crippen molar-refractivity contribution in [1.82, 2.24) is 5.32 Å². The number of hydrogen-bond donors (Lipinski definition) is 1. The van der Waals surface area contributed by atoms with Gasteiger partial charge in [0.25, 0.3) is 0 Å². The average Bonchev–Trinajstić information content (AvgIpc) is 2.51. The predicted octanol–water partition coefficient (Wildman–Crippen LogP) is 6.22. The molecule has 0 unspecified atom stereocenters. The molecule has 2 rings (SSSR count). The van der Waals surface area contributed by atoms with Crippen molar-refractivity contribution in [1.29, 1.82) is 0 Å². The third kappa shape index (κ3) is 7.17. The second kappa shape index (κ2) is 10.6. The first kappa shape index (κ1) is 17.3. The molecule has 0 amide bonds. The zero-order valence-corrected chi connectivity index (χ0v) is 14.5. The van der Waals surface area contributed by atoms with Crippen LogP contribution in [0.5, 0.6) is 0 Å². The van der Waals surface area contributed by atoms with Crippen LogP contribution in [0.25, 0.3) is 0 Å². The molecule has 124 valence electrons. The van der Waals surface area contributed by atoms with Crippen LogP contribution in [0.1, 0.15) is 110 Å². The zero-order valence-electron chi connectivity index (χ0n) is 14.5. The second-order valence-electron chi connectivity index (χ2n) is 7.75. The van der Waals surface area contributed by atoms with E-state index in [9.17, 15) is 0 Å². The molecule has 0 aromatic heterocycles. The van der Waals surface area contributed by atoms with Gasteiger partial charge in [-0.25, -0.2) is 0 Å². The summed E-state index contributed by atoms with van der Waals surface area (Å²) >= 11 is 0. The molecule has 2 aliphatic rings. The van der Waals surface area contributed by atoms with Crippen molar-refractivity contribution >= 4 is 0 Å². The summed E-state index contributed by atoms with van der Waals surface area (Å²) in [6, 6.07) is 1.67. The summed E-state index contributed by atoms with van der Waals surface area (Å²) in [4.78, 5) is 0.